The van der Waals surface area contributed by atoms with Crippen LogP contribution in [0, 0.1) is 5.82 Å². The standard InChI is InChI=1S/C9H10Br2FNO/c10-5-3-6(11)9(7(12)4-5)8(13)1-2-14/h3-4,8,14H,1-2,13H2. The first kappa shape index (κ1) is 12.1. The zero-order valence-corrected chi connectivity index (χ0v) is 10.5. The Labute approximate surface area is 98.6 Å². The van der Waals surface area contributed by atoms with Gasteiger partial charge < -0.3 is 10.8 Å². The van der Waals surface area contributed by atoms with Crippen LogP contribution in [0.1, 0.15) is 18.0 Å². The Kier molecular flexibility index (Phi) is 4.50. The van der Waals surface area contributed by atoms with Gasteiger partial charge in [0.15, 0.2) is 0 Å². The molecule has 1 rings (SSSR count). The molecule has 3 N–H and O–H groups in total. The number of halogens is 3. The van der Waals surface area contributed by atoms with Crippen LogP contribution in [0.25, 0.3) is 0 Å². The molecule has 0 saturated heterocycles. The second kappa shape index (κ2) is 5.21. The van der Waals surface area contributed by atoms with Crippen LogP contribution in [0.15, 0.2) is 21.1 Å². The summed E-state index contributed by atoms with van der Waals surface area (Å²) in [6.07, 6.45) is 0.344. The molecule has 0 aliphatic carbocycles. The maximum Gasteiger partial charge on any atom is 0.130 e. The molecular weight excluding hydrogens is 317 g/mol. The third kappa shape index (κ3) is 2.76. The molecule has 0 aliphatic rings. The van der Waals surface area contributed by atoms with E-state index in [-0.39, 0.29) is 12.4 Å². The van der Waals surface area contributed by atoms with Gasteiger partial charge in [0, 0.05) is 27.2 Å². The van der Waals surface area contributed by atoms with Gasteiger partial charge in [0.05, 0.1) is 0 Å². The first-order chi connectivity index (χ1) is 6.56. The summed E-state index contributed by atoms with van der Waals surface area (Å²) in [5, 5.41) is 8.71. The van der Waals surface area contributed by atoms with Gasteiger partial charge in [-0.05, 0) is 18.6 Å². The quantitative estimate of drug-likeness (QED) is 0.897. The molecule has 78 valence electrons. The van der Waals surface area contributed by atoms with Crippen molar-refractivity contribution in [1.82, 2.24) is 0 Å². The minimum absolute atomic E-state index is 0.0525. The lowest BCUT2D eigenvalue weighted by Crippen LogP contribution is -2.14. The van der Waals surface area contributed by atoms with Crippen LogP contribution in [0.2, 0.25) is 0 Å². The van der Waals surface area contributed by atoms with Crippen molar-refractivity contribution in [1.29, 1.82) is 0 Å². The molecule has 0 spiro atoms. The summed E-state index contributed by atoms with van der Waals surface area (Å²) in [7, 11) is 0. The van der Waals surface area contributed by atoms with E-state index in [1.807, 2.05) is 0 Å². The molecule has 1 aromatic rings. The van der Waals surface area contributed by atoms with Crippen LogP contribution >= 0.6 is 31.9 Å². The van der Waals surface area contributed by atoms with E-state index in [0.29, 0.717) is 20.9 Å². The van der Waals surface area contributed by atoms with Crippen LogP contribution in [0.5, 0.6) is 0 Å². The highest BCUT2D eigenvalue weighted by atomic mass is 79.9. The lowest BCUT2D eigenvalue weighted by Gasteiger charge is -2.13. The smallest absolute Gasteiger partial charge is 0.130 e. The van der Waals surface area contributed by atoms with Crippen molar-refractivity contribution in [2.24, 2.45) is 5.73 Å². The normalized spacial score (nSPS) is 12.9. The monoisotopic (exact) mass is 325 g/mol. The number of rotatable bonds is 3. The van der Waals surface area contributed by atoms with Crippen LogP contribution < -0.4 is 5.73 Å². The molecule has 1 atom stereocenters. The maximum atomic E-state index is 13.5. The Morgan fingerprint density at radius 1 is 1.43 bits per heavy atom. The molecule has 0 fully saturated rings. The van der Waals surface area contributed by atoms with Gasteiger partial charge in [-0.2, -0.15) is 0 Å². The topological polar surface area (TPSA) is 46.2 Å². The van der Waals surface area contributed by atoms with E-state index in [1.165, 1.54) is 6.07 Å². The van der Waals surface area contributed by atoms with Crippen molar-refractivity contribution >= 4 is 31.9 Å². The number of aliphatic hydroxyl groups excluding tert-OH is 1. The zero-order valence-electron chi connectivity index (χ0n) is 7.30. The summed E-state index contributed by atoms with van der Waals surface area (Å²) in [6.45, 7) is -0.0525. The predicted octanol–water partition coefficient (Wildman–Crippen LogP) is 2.73. The lowest BCUT2D eigenvalue weighted by atomic mass is 10.0. The number of hydrogen-bond acceptors (Lipinski definition) is 2. The summed E-state index contributed by atoms with van der Waals surface area (Å²) in [5.74, 6) is -0.368. The van der Waals surface area contributed by atoms with E-state index in [2.05, 4.69) is 31.9 Å². The zero-order chi connectivity index (χ0) is 10.7. The highest BCUT2D eigenvalue weighted by Crippen LogP contribution is 2.30. The summed E-state index contributed by atoms with van der Waals surface area (Å²) in [4.78, 5) is 0. The largest absolute Gasteiger partial charge is 0.396 e. The Morgan fingerprint density at radius 3 is 2.57 bits per heavy atom. The molecule has 5 heteroatoms. The fourth-order valence-electron chi connectivity index (χ4n) is 1.19. The van der Waals surface area contributed by atoms with Crippen molar-refractivity contribution in [2.75, 3.05) is 6.61 Å². The first-order valence-electron chi connectivity index (χ1n) is 4.07. The Hall–Kier alpha value is 0.0300. The van der Waals surface area contributed by atoms with Crippen molar-refractivity contribution in [3.05, 3.63) is 32.5 Å². The SMILES string of the molecule is NC(CCO)c1c(F)cc(Br)cc1Br. The average molecular weight is 327 g/mol. The van der Waals surface area contributed by atoms with E-state index in [9.17, 15) is 4.39 Å². The van der Waals surface area contributed by atoms with Crippen LogP contribution in [-0.4, -0.2) is 11.7 Å². The maximum absolute atomic E-state index is 13.5. The first-order valence-corrected chi connectivity index (χ1v) is 5.65. The van der Waals surface area contributed by atoms with Gasteiger partial charge in [-0.25, -0.2) is 4.39 Å². The molecule has 0 amide bonds. The van der Waals surface area contributed by atoms with Gasteiger partial charge in [0.2, 0.25) is 0 Å². The summed E-state index contributed by atoms with van der Waals surface area (Å²) >= 11 is 6.41. The van der Waals surface area contributed by atoms with Crippen molar-refractivity contribution in [2.45, 2.75) is 12.5 Å². The minimum Gasteiger partial charge on any atom is -0.396 e. The van der Waals surface area contributed by atoms with Gasteiger partial charge in [-0.15, -0.1) is 0 Å². The Morgan fingerprint density at radius 2 is 2.07 bits per heavy atom. The molecule has 1 aromatic carbocycles. The predicted molar refractivity (Wildman–Crippen MR) is 60.4 cm³/mol. The van der Waals surface area contributed by atoms with Gasteiger partial charge in [-0.1, -0.05) is 31.9 Å². The van der Waals surface area contributed by atoms with Crippen molar-refractivity contribution in [3.63, 3.8) is 0 Å². The van der Waals surface area contributed by atoms with Gasteiger partial charge in [0.1, 0.15) is 5.82 Å². The van der Waals surface area contributed by atoms with Gasteiger partial charge in [-0.3, -0.25) is 0 Å². The van der Waals surface area contributed by atoms with E-state index >= 15 is 0 Å². The molecule has 2 nitrogen and oxygen atoms in total. The molecule has 0 aromatic heterocycles. The number of aliphatic hydroxyl groups is 1. The summed E-state index contributed by atoms with van der Waals surface area (Å²) in [5.41, 5.74) is 6.12. The highest BCUT2D eigenvalue weighted by molar-refractivity contribution is 9.11. The molecule has 0 radical (unpaired) electrons. The number of nitrogens with two attached hydrogens (primary N) is 1. The third-order valence-electron chi connectivity index (χ3n) is 1.85. The molecule has 14 heavy (non-hydrogen) atoms. The summed E-state index contributed by atoms with van der Waals surface area (Å²) in [6, 6.07) is 2.61. The molecular formula is C9H10Br2FNO. The average Bonchev–Trinajstić information content (AvgIpc) is 2.01. The van der Waals surface area contributed by atoms with E-state index in [0.717, 1.165) is 0 Å². The van der Waals surface area contributed by atoms with Crippen LogP contribution in [-0.2, 0) is 0 Å². The molecule has 0 bridgehead atoms. The number of hydrogen-bond donors (Lipinski definition) is 2. The van der Waals surface area contributed by atoms with E-state index in [1.54, 1.807) is 6.07 Å². The second-order valence-electron chi connectivity index (χ2n) is 2.90. The fraction of sp³-hybridized carbons (Fsp3) is 0.333. The van der Waals surface area contributed by atoms with Gasteiger partial charge >= 0.3 is 0 Å². The van der Waals surface area contributed by atoms with E-state index in [4.69, 9.17) is 10.8 Å². The molecule has 0 saturated carbocycles. The van der Waals surface area contributed by atoms with Crippen molar-refractivity contribution in [3.8, 4) is 0 Å². The lowest BCUT2D eigenvalue weighted by molar-refractivity contribution is 0.275. The highest BCUT2D eigenvalue weighted by Gasteiger charge is 2.15. The summed E-state index contributed by atoms with van der Waals surface area (Å²) < 4.78 is 14.7. The van der Waals surface area contributed by atoms with E-state index < -0.39 is 6.04 Å². The van der Waals surface area contributed by atoms with Crippen molar-refractivity contribution < 1.29 is 9.50 Å². The number of benzene rings is 1. The van der Waals surface area contributed by atoms with Gasteiger partial charge in [0.25, 0.3) is 0 Å². The van der Waals surface area contributed by atoms with Crippen LogP contribution in [0.4, 0.5) is 4.39 Å². The molecule has 0 heterocycles. The molecule has 1 unspecified atom stereocenters. The Balaban J connectivity index is 3.07. The molecule has 0 aliphatic heterocycles. The fourth-order valence-corrected chi connectivity index (χ4v) is 2.66. The second-order valence-corrected chi connectivity index (χ2v) is 4.67. The minimum atomic E-state index is -0.484. The Bertz CT molecular complexity index is 310. The third-order valence-corrected chi connectivity index (χ3v) is 2.97. The van der Waals surface area contributed by atoms with Crippen LogP contribution in [0.3, 0.4) is 0 Å².